The van der Waals surface area contributed by atoms with Gasteiger partial charge in [0.2, 0.25) is 0 Å². The van der Waals surface area contributed by atoms with E-state index < -0.39 is 65.7 Å². The van der Waals surface area contributed by atoms with Gasteiger partial charge >= 0.3 is 0 Å². The van der Waals surface area contributed by atoms with Crippen LogP contribution in [0.2, 0.25) is 0 Å². The summed E-state index contributed by atoms with van der Waals surface area (Å²) < 4.78 is 105. The van der Waals surface area contributed by atoms with Gasteiger partial charge in [0.15, 0.2) is 0 Å². The smallest absolute Gasteiger partial charge is 0.252 e. The molecule has 2 aliphatic heterocycles. The Morgan fingerprint density at radius 3 is 0.767 bits per heavy atom. The summed E-state index contributed by atoms with van der Waals surface area (Å²) in [7, 11) is 0. The largest absolute Gasteiger partial charge is 0.310 e. The van der Waals surface area contributed by atoms with Crippen molar-refractivity contribution in [1.29, 1.82) is 0 Å². The van der Waals surface area contributed by atoms with Gasteiger partial charge in [-0.2, -0.15) is 0 Å². The standard InChI is InChI=1S/C111H117BN4/c1-105(2,3)66-71-42-50-94-88(54-71)89-55-72(67-106(4,5)6)43-51-95(89)113(94)82-46-48-92-98(64-82)115(103-84(76-34-26-22-27-35-76)60-80(110(16,17)18)61-85(103)77-36-28-23-29-37-77)100-58-75(70-109(13,14)15)59-101-102(100)112(92)93-49-47-83(114-96-52-44-73(68-107(7,8)9)56-90(96)91-57-74(45-53-97(91)114)69-108(10,11)12)65-99(93)116(101)104-86(78-38-30-24-31-39-78)62-81(111(19,20)21)63-87(104)79-40-32-25-33-41-79/h22-65H,66-70H2,1-21H3/i66D2,67D2,68D2,69D2,70D2. The van der Waals surface area contributed by atoms with E-state index in [4.69, 9.17) is 0 Å². The first kappa shape index (κ1) is 66.3. The van der Waals surface area contributed by atoms with Crippen LogP contribution in [0.5, 0.6) is 0 Å². The quantitative estimate of drug-likeness (QED) is 0.107. The molecule has 0 aliphatic carbocycles. The number of hydrogen-bond acceptors (Lipinski definition) is 2. The van der Waals surface area contributed by atoms with Crippen LogP contribution in [0.1, 0.15) is 198 Å². The highest BCUT2D eigenvalue weighted by Crippen LogP contribution is 2.56. The van der Waals surface area contributed by atoms with Crippen LogP contribution in [0, 0.1) is 27.1 Å². The van der Waals surface area contributed by atoms with Crippen molar-refractivity contribution in [3.63, 3.8) is 0 Å². The molecule has 4 heterocycles. The third-order valence-electron chi connectivity index (χ3n) is 22.4. The van der Waals surface area contributed by atoms with E-state index in [1.807, 2.05) is 177 Å². The minimum Gasteiger partial charge on any atom is -0.310 e. The predicted octanol–water partition coefficient (Wildman–Crippen LogP) is 29.2. The van der Waals surface area contributed by atoms with Gasteiger partial charge in [-0.05, 0) is 257 Å². The zero-order chi connectivity index (χ0) is 90.6. The van der Waals surface area contributed by atoms with Gasteiger partial charge in [0.1, 0.15) is 0 Å². The highest BCUT2D eigenvalue weighted by Gasteiger charge is 2.47. The number of benzene rings is 13. The lowest BCUT2D eigenvalue weighted by Gasteiger charge is -2.46. The van der Waals surface area contributed by atoms with Crippen LogP contribution in [0.15, 0.2) is 267 Å². The van der Waals surface area contributed by atoms with E-state index in [0.717, 1.165) is 161 Å². The zero-order valence-corrected chi connectivity index (χ0v) is 71.8. The van der Waals surface area contributed by atoms with Crippen molar-refractivity contribution < 1.29 is 13.7 Å². The first-order chi connectivity index (χ1) is 58.7. The second-order valence-electron chi connectivity index (χ2n) is 39.8. The molecule has 15 aromatic rings. The molecule has 0 fully saturated rings. The number of nitrogens with zero attached hydrogens (tertiary/aromatic N) is 4. The van der Waals surface area contributed by atoms with Crippen LogP contribution in [0.3, 0.4) is 0 Å². The van der Waals surface area contributed by atoms with Gasteiger partial charge in [-0.25, -0.2) is 0 Å². The third-order valence-corrected chi connectivity index (χ3v) is 22.4. The van der Waals surface area contributed by atoms with Gasteiger partial charge in [0.25, 0.3) is 6.71 Å². The molecule has 0 spiro atoms. The minimum absolute atomic E-state index is 0.353. The molecule has 2 aromatic heterocycles. The highest BCUT2D eigenvalue weighted by atomic mass is 15.2. The summed E-state index contributed by atoms with van der Waals surface area (Å²) in [5, 5.41) is 3.15. The first-order valence-corrected chi connectivity index (χ1v) is 41.6. The predicted molar refractivity (Wildman–Crippen MR) is 504 cm³/mol. The fourth-order valence-corrected chi connectivity index (χ4v) is 17.8. The summed E-state index contributed by atoms with van der Waals surface area (Å²) >= 11 is 0. The molecule has 17 rings (SSSR count). The summed E-state index contributed by atoms with van der Waals surface area (Å²) in [5.41, 5.74) is 20.5. The summed E-state index contributed by atoms with van der Waals surface area (Å²) in [6.45, 7) is 42.2. The van der Waals surface area contributed by atoms with Gasteiger partial charge < -0.3 is 18.9 Å². The molecule has 0 atom stereocenters. The van der Waals surface area contributed by atoms with Crippen LogP contribution in [-0.4, -0.2) is 15.8 Å². The zero-order valence-electron chi connectivity index (χ0n) is 81.8. The Morgan fingerprint density at radius 2 is 0.517 bits per heavy atom. The Balaban J connectivity index is 1.08. The molecule has 5 heteroatoms. The normalized spacial score (nSPS) is 15.4. The number of fused-ring (bicyclic) bond motifs is 10. The Bertz CT molecular complexity index is 6170. The second kappa shape index (κ2) is 28.5. The number of rotatable bonds is 13. The Kier molecular flexibility index (Phi) is 16.3. The lowest BCUT2D eigenvalue weighted by molar-refractivity contribution is 0.411. The number of hydrogen-bond donors (Lipinski definition) is 0. The van der Waals surface area contributed by atoms with Crippen molar-refractivity contribution in [1.82, 2.24) is 9.13 Å². The van der Waals surface area contributed by atoms with Crippen LogP contribution in [0.25, 0.3) is 99.5 Å². The van der Waals surface area contributed by atoms with E-state index in [0.29, 0.717) is 27.8 Å². The van der Waals surface area contributed by atoms with Crippen LogP contribution in [-0.2, 0) is 42.7 Å². The maximum absolute atomic E-state index is 11.1. The molecule has 116 heavy (non-hydrogen) atoms. The number of anilines is 6. The lowest BCUT2D eigenvalue weighted by atomic mass is 9.33. The molecule has 0 saturated heterocycles. The van der Waals surface area contributed by atoms with E-state index in [1.54, 1.807) is 0 Å². The molecule has 2 aliphatic rings. The van der Waals surface area contributed by atoms with Gasteiger partial charge in [-0.15, -0.1) is 0 Å². The van der Waals surface area contributed by atoms with Gasteiger partial charge in [0, 0.05) is 91.6 Å². The molecular formula is C111H117BN4. The molecule has 13 aromatic carbocycles. The molecule has 0 saturated carbocycles. The monoisotopic (exact) mass is 1530 g/mol. The van der Waals surface area contributed by atoms with E-state index in [2.05, 4.69) is 255 Å². The molecule has 0 amide bonds. The SMILES string of the molecule is [2H]C([2H])(c1cc2c3c(c1)N(c1c(-c4ccccc4)cc(C(C)(C)C)cc1-c1ccccc1)c1cc(-n4c5ccc(C([2H])([2H])C(C)(C)C)cc5c5cc(C([2H])([2H])C(C)(C)C)ccc54)ccc1B3c1ccc(-n3c4ccc(C([2H])([2H])C(C)(C)C)cc4c4cc(C([2H])([2H])C(C)(C)C)ccc43)cc1N2c1c(-c2ccccc2)cc(C(C)(C)C)cc1-c1ccccc1)C(C)(C)C. The highest BCUT2D eigenvalue weighted by molar-refractivity contribution is 7.00. The molecule has 584 valence electrons. The molecular weight excluding hydrogens is 1400 g/mol. The van der Waals surface area contributed by atoms with Crippen LogP contribution >= 0.6 is 0 Å². The van der Waals surface area contributed by atoms with Crippen molar-refractivity contribution in [2.75, 3.05) is 9.80 Å². The molecule has 4 nitrogen and oxygen atoms in total. The first-order valence-electron chi connectivity index (χ1n) is 46.6. The number of aromatic nitrogens is 2. The van der Waals surface area contributed by atoms with Gasteiger partial charge in [0.05, 0.1) is 33.4 Å². The summed E-state index contributed by atoms with van der Waals surface area (Å²) in [6.07, 6.45) is -9.12. The lowest BCUT2D eigenvalue weighted by Crippen LogP contribution is -2.61. The van der Waals surface area contributed by atoms with Crippen molar-refractivity contribution in [3.05, 3.63) is 306 Å². The maximum atomic E-state index is 11.1. The van der Waals surface area contributed by atoms with Crippen LogP contribution in [0.4, 0.5) is 34.1 Å². The van der Waals surface area contributed by atoms with Crippen LogP contribution < -0.4 is 26.2 Å². The van der Waals surface area contributed by atoms with E-state index in [1.165, 1.54) is 0 Å². The fraction of sp³-hybridized carbons (Fsp3) is 0.297. The molecule has 0 N–H and O–H groups in total. The van der Waals surface area contributed by atoms with E-state index in [-0.39, 0.29) is 10.8 Å². The second-order valence-corrected chi connectivity index (χ2v) is 39.8. The Labute approximate surface area is 706 Å². The van der Waals surface area contributed by atoms with Crippen molar-refractivity contribution in [2.45, 2.75) is 188 Å². The van der Waals surface area contributed by atoms with Crippen molar-refractivity contribution in [2.24, 2.45) is 27.1 Å². The van der Waals surface area contributed by atoms with Crippen molar-refractivity contribution >= 4 is 101 Å². The summed E-state index contributed by atoms with van der Waals surface area (Å²) in [4.78, 5) is 4.96. The maximum Gasteiger partial charge on any atom is 0.252 e. The van der Waals surface area contributed by atoms with E-state index in [9.17, 15) is 13.7 Å². The Hall–Kier alpha value is -10.9. The average Bonchev–Trinajstić information content (AvgIpc) is 0.734. The molecule has 0 bridgehead atoms. The third kappa shape index (κ3) is 15.0. The Morgan fingerprint density at radius 1 is 0.259 bits per heavy atom. The minimum atomic E-state index is -2.03. The fourth-order valence-electron chi connectivity index (χ4n) is 17.8. The summed E-state index contributed by atoms with van der Waals surface area (Å²) in [5.74, 6) is 0. The van der Waals surface area contributed by atoms with E-state index >= 15 is 0 Å². The topological polar surface area (TPSA) is 16.3 Å². The molecule has 0 unspecified atom stereocenters. The van der Waals surface area contributed by atoms with Gasteiger partial charge in [-0.1, -0.05) is 303 Å². The summed E-state index contributed by atoms with van der Waals surface area (Å²) in [6, 6.07) is 94.2. The van der Waals surface area contributed by atoms with Crippen molar-refractivity contribution in [3.8, 4) is 55.9 Å². The molecule has 0 radical (unpaired) electrons. The van der Waals surface area contributed by atoms with Gasteiger partial charge in [-0.3, -0.25) is 0 Å². The average molecular weight is 1530 g/mol.